The summed E-state index contributed by atoms with van der Waals surface area (Å²) in [6, 6.07) is 11.6. The number of nitriles is 1. The zero-order chi connectivity index (χ0) is 26.6. The Morgan fingerprint density at radius 2 is 1.60 bits per heavy atom. The van der Waals surface area contributed by atoms with Crippen molar-refractivity contribution in [1.82, 2.24) is 0 Å². The molecule has 0 bridgehead atoms. The molecule has 2 aromatic carbocycles. The Morgan fingerprint density at radius 1 is 1.00 bits per heavy atom. The first kappa shape index (κ1) is 28.5. The largest absolute Gasteiger partial charge is 0.534 e. The van der Waals surface area contributed by atoms with Crippen LogP contribution >= 0.6 is 0 Å². The molecule has 0 radical (unpaired) electrons. The highest BCUT2D eigenvalue weighted by atomic mass is 32.2. The van der Waals surface area contributed by atoms with Crippen LogP contribution in [-0.2, 0) is 16.5 Å². The van der Waals surface area contributed by atoms with E-state index < -0.39 is 51.5 Å². The van der Waals surface area contributed by atoms with Crippen LogP contribution in [0, 0.1) is 17.2 Å². The fourth-order valence-electron chi connectivity index (χ4n) is 3.35. The second-order valence-electron chi connectivity index (χ2n) is 8.25. The van der Waals surface area contributed by atoms with Gasteiger partial charge >= 0.3 is 15.6 Å². The Kier molecular flexibility index (Phi) is 9.27. The van der Waals surface area contributed by atoms with Gasteiger partial charge in [-0.25, -0.2) is 0 Å². The number of alkyl halides is 3. The summed E-state index contributed by atoms with van der Waals surface area (Å²) >= 11 is 0. The molecule has 8 nitrogen and oxygen atoms in total. The summed E-state index contributed by atoms with van der Waals surface area (Å²) < 4.78 is 63.8. The quantitative estimate of drug-likeness (QED) is 0.277. The van der Waals surface area contributed by atoms with Crippen molar-refractivity contribution in [2.24, 2.45) is 5.92 Å². The topological polar surface area (TPSA) is 148 Å². The van der Waals surface area contributed by atoms with Crippen LogP contribution in [0.15, 0.2) is 42.5 Å². The number of hydrogen-bond acceptors (Lipinski definition) is 8. The van der Waals surface area contributed by atoms with Gasteiger partial charge < -0.3 is 24.6 Å². The zero-order valence-corrected chi connectivity index (χ0v) is 19.7. The molecule has 0 aromatic heterocycles. The Morgan fingerprint density at radius 3 is 2.11 bits per heavy atom. The number of rotatable bonds is 10. The highest BCUT2D eigenvalue weighted by Gasteiger charge is 2.48. The second kappa shape index (κ2) is 11.4. The van der Waals surface area contributed by atoms with E-state index in [2.05, 4.69) is 4.18 Å². The average molecular weight is 518 g/mol. The lowest BCUT2D eigenvalue weighted by Crippen LogP contribution is -2.44. The van der Waals surface area contributed by atoms with Gasteiger partial charge in [-0.3, -0.25) is 0 Å². The molecule has 0 heterocycles. The molecule has 0 fully saturated rings. The minimum atomic E-state index is -5.80. The summed E-state index contributed by atoms with van der Waals surface area (Å²) in [5.74, 6) is -1.86. The first-order valence-corrected chi connectivity index (χ1v) is 11.9. The van der Waals surface area contributed by atoms with Crippen LogP contribution in [0.5, 0.6) is 5.75 Å². The van der Waals surface area contributed by atoms with E-state index in [4.69, 9.17) is 5.11 Å². The van der Waals surface area contributed by atoms with Crippen molar-refractivity contribution in [2.45, 2.75) is 50.0 Å². The van der Waals surface area contributed by atoms with E-state index in [1.54, 1.807) is 19.1 Å². The SMILES string of the molecule is C[C@H](CO)[C@@H](O)[C@H](O)[C@@H](O)[C@@H](C)c1ccc(C#N)c(Cc2ccc(OS(=O)(=O)C(F)(F)F)cc2)c1. The van der Waals surface area contributed by atoms with Gasteiger partial charge in [0.05, 0.1) is 23.8 Å². The van der Waals surface area contributed by atoms with E-state index in [0.717, 1.165) is 12.1 Å². The van der Waals surface area contributed by atoms with Crippen molar-refractivity contribution in [2.75, 3.05) is 6.61 Å². The van der Waals surface area contributed by atoms with E-state index in [9.17, 15) is 42.2 Å². The highest BCUT2D eigenvalue weighted by molar-refractivity contribution is 7.88. The summed E-state index contributed by atoms with van der Waals surface area (Å²) in [4.78, 5) is 0. The molecule has 0 aliphatic carbocycles. The van der Waals surface area contributed by atoms with E-state index in [1.807, 2.05) is 6.07 Å². The maximum atomic E-state index is 12.5. The summed E-state index contributed by atoms with van der Waals surface area (Å²) in [7, 11) is -5.80. The van der Waals surface area contributed by atoms with Gasteiger partial charge in [0.2, 0.25) is 0 Å². The fourth-order valence-corrected chi connectivity index (χ4v) is 3.81. The molecule has 0 saturated carbocycles. The maximum absolute atomic E-state index is 12.5. The van der Waals surface area contributed by atoms with Gasteiger partial charge in [0.25, 0.3) is 0 Å². The van der Waals surface area contributed by atoms with Gasteiger partial charge in [-0.05, 0) is 41.3 Å². The van der Waals surface area contributed by atoms with Crippen molar-refractivity contribution < 1.29 is 46.2 Å². The third-order valence-electron chi connectivity index (χ3n) is 5.67. The van der Waals surface area contributed by atoms with Gasteiger partial charge in [-0.15, -0.1) is 0 Å². The Hall–Kier alpha value is -2.69. The predicted octanol–water partition coefficient (Wildman–Crippen LogP) is 2.19. The van der Waals surface area contributed by atoms with Gasteiger partial charge in [0.1, 0.15) is 11.9 Å². The molecular formula is C23H26F3NO7S. The van der Waals surface area contributed by atoms with Crippen molar-refractivity contribution in [3.05, 3.63) is 64.7 Å². The van der Waals surface area contributed by atoms with Crippen LogP contribution < -0.4 is 4.18 Å². The lowest BCUT2D eigenvalue weighted by Gasteiger charge is -2.30. The number of hydrogen-bond donors (Lipinski definition) is 4. The van der Waals surface area contributed by atoms with Crippen LogP contribution in [0.4, 0.5) is 13.2 Å². The third-order valence-corrected chi connectivity index (χ3v) is 6.64. The van der Waals surface area contributed by atoms with Gasteiger partial charge in [-0.1, -0.05) is 38.1 Å². The van der Waals surface area contributed by atoms with Gasteiger partial charge in [0.15, 0.2) is 0 Å². The molecule has 5 atom stereocenters. The van der Waals surface area contributed by atoms with Crippen molar-refractivity contribution in [3.63, 3.8) is 0 Å². The molecular weight excluding hydrogens is 491 g/mol. The Bertz CT molecular complexity index is 1150. The molecule has 35 heavy (non-hydrogen) atoms. The Balaban J connectivity index is 2.24. The number of halogens is 3. The standard InChI is InChI=1S/C23H26F3NO7S/c1-13(12-28)20(29)22(31)21(30)14(2)16-5-6-17(11-27)18(10-16)9-15-3-7-19(8-4-15)34-35(32,33)23(24,25)26/h3-8,10,13-14,20-22,28-31H,9,12H2,1-2H3/t13-,14+,20-,21+,22+/m1/s1. The minimum Gasteiger partial charge on any atom is -0.396 e. The van der Waals surface area contributed by atoms with Crippen molar-refractivity contribution in [1.29, 1.82) is 5.26 Å². The summed E-state index contributed by atoms with van der Waals surface area (Å²) in [6.07, 6.45) is -4.13. The van der Waals surface area contributed by atoms with Crippen LogP contribution in [0.1, 0.15) is 42.0 Å². The van der Waals surface area contributed by atoms with E-state index in [1.165, 1.54) is 25.1 Å². The van der Waals surface area contributed by atoms with Crippen LogP contribution in [0.25, 0.3) is 0 Å². The molecule has 2 aromatic rings. The number of benzene rings is 2. The first-order chi connectivity index (χ1) is 16.2. The predicted molar refractivity (Wildman–Crippen MR) is 119 cm³/mol. The van der Waals surface area contributed by atoms with Crippen LogP contribution in [-0.4, -0.2) is 59.3 Å². The monoisotopic (exact) mass is 517 g/mol. The molecule has 4 N–H and O–H groups in total. The lowest BCUT2D eigenvalue weighted by molar-refractivity contribution is -0.0910. The van der Waals surface area contributed by atoms with Crippen LogP contribution in [0.3, 0.4) is 0 Å². The van der Waals surface area contributed by atoms with Crippen molar-refractivity contribution >= 4 is 10.1 Å². The maximum Gasteiger partial charge on any atom is 0.534 e. The normalized spacial score (nSPS) is 16.6. The lowest BCUT2D eigenvalue weighted by atomic mass is 9.85. The second-order valence-corrected chi connectivity index (χ2v) is 9.79. The molecule has 0 aliphatic heterocycles. The number of aliphatic hydroxyl groups is 4. The van der Waals surface area contributed by atoms with E-state index in [0.29, 0.717) is 22.3 Å². The zero-order valence-electron chi connectivity index (χ0n) is 18.8. The van der Waals surface area contributed by atoms with Crippen LogP contribution in [0.2, 0.25) is 0 Å². The average Bonchev–Trinajstić information content (AvgIpc) is 2.81. The highest BCUT2D eigenvalue weighted by Crippen LogP contribution is 2.29. The first-order valence-electron chi connectivity index (χ1n) is 10.5. The number of aliphatic hydroxyl groups excluding tert-OH is 4. The van der Waals surface area contributed by atoms with Crippen molar-refractivity contribution in [3.8, 4) is 11.8 Å². The molecule has 0 aliphatic rings. The van der Waals surface area contributed by atoms with E-state index in [-0.39, 0.29) is 13.0 Å². The Labute approximate surface area is 201 Å². The van der Waals surface area contributed by atoms with Gasteiger partial charge in [0, 0.05) is 18.4 Å². The molecule has 192 valence electrons. The molecule has 0 unspecified atom stereocenters. The summed E-state index contributed by atoms with van der Waals surface area (Å²) in [6.45, 7) is 2.74. The molecule has 2 rings (SSSR count). The van der Waals surface area contributed by atoms with E-state index >= 15 is 0 Å². The molecule has 0 spiro atoms. The van der Waals surface area contributed by atoms with Gasteiger partial charge in [-0.2, -0.15) is 26.9 Å². The summed E-state index contributed by atoms with van der Waals surface area (Å²) in [5.41, 5.74) is -3.67. The summed E-state index contributed by atoms with van der Waals surface area (Å²) in [5, 5.41) is 49.5. The molecule has 12 heteroatoms. The smallest absolute Gasteiger partial charge is 0.396 e. The third kappa shape index (κ3) is 6.93. The molecule has 0 amide bonds. The fraction of sp³-hybridized carbons (Fsp3) is 0.435. The number of nitrogens with zero attached hydrogens (tertiary/aromatic N) is 1. The minimum absolute atomic E-state index is 0.151. The molecule has 0 saturated heterocycles.